The smallest absolute Gasteiger partial charge is 0.243 e. The van der Waals surface area contributed by atoms with Gasteiger partial charge in [-0.25, -0.2) is 0 Å². The maximum atomic E-state index is 12.1. The van der Waals surface area contributed by atoms with Gasteiger partial charge in [0.1, 0.15) is 13.2 Å². The minimum absolute atomic E-state index is 0.149. The summed E-state index contributed by atoms with van der Waals surface area (Å²) in [6.45, 7) is 3.23. The first-order valence-corrected chi connectivity index (χ1v) is 8.25. The molecular formula is C18H19ClN2O3. The lowest BCUT2D eigenvalue weighted by atomic mass is 10.1. The summed E-state index contributed by atoms with van der Waals surface area (Å²) in [4.78, 5) is 12.1. The van der Waals surface area contributed by atoms with E-state index in [0.717, 1.165) is 12.1 Å². The molecular weight excluding hydrogens is 328 g/mol. The van der Waals surface area contributed by atoms with Gasteiger partial charge in [0.2, 0.25) is 5.91 Å². The lowest BCUT2D eigenvalue weighted by Gasteiger charge is -2.20. The van der Waals surface area contributed by atoms with Gasteiger partial charge in [0.05, 0.1) is 17.3 Å². The van der Waals surface area contributed by atoms with Gasteiger partial charge >= 0.3 is 0 Å². The molecule has 2 aromatic rings. The lowest BCUT2D eigenvalue weighted by molar-refractivity contribution is -0.114. The number of ether oxygens (including phenoxy) is 2. The normalized spacial score (nSPS) is 12.6. The van der Waals surface area contributed by atoms with E-state index in [1.807, 2.05) is 24.3 Å². The maximum absolute atomic E-state index is 12.1. The highest BCUT2D eigenvalue weighted by Gasteiger charge is 2.16. The third-order valence-electron chi connectivity index (χ3n) is 3.72. The standard InChI is InChI=1S/C18H19ClN2O3/c1-2-12-3-5-13(6-4-12)20-11-18(22)21-15-10-17-16(9-14(15)19)23-7-8-24-17/h3-6,9-10,20H,2,7-8,11H2,1H3,(H,21,22). The first kappa shape index (κ1) is 16.5. The van der Waals surface area contributed by atoms with Gasteiger partial charge in [-0.3, -0.25) is 4.79 Å². The van der Waals surface area contributed by atoms with Crippen LogP contribution in [-0.2, 0) is 11.2 Å². The van der Waals surface area contributed by atoms with Crippen molar-refractivity contribution in [3.63, 3.8) is 0 Å². The minimum atomic E-state index is -0.187. The summed E-state index contributed by atoms with van der Waals surface area (Å²) in [7, 11) is 0. The summed E-state index contributed by atoms with van der Waals surface area (Å²) >= 11 is 6.19. The summed E-state index contributed by atoms with van der Waals surface area (Å²) in [5, 5.41) is 6.29. The number of carbonyl (C=O) groups excluding carboxylic acids is 1. The fraction of sp³-hybridized carbons (Fsp3) is 0.278. The van der Waals surface area contributed by atoms with Gasteiger partial charge in [0.25, 0.3) is 0 Å². The van der Waals surface area contributed by atoms with E-state index >= 15 is 0 Å². The fourth-order valence-corrected chi connectivity index (χ4v) is 2.60. The third kappa shape index (κ3) is 3.92. The van der Waals surface area contributed by atoms with Crippen molar-refractivity contribution in [2.24, 2.45) is 0 Å². The summed E-state index contributed by atoms with van der Waals surface area (Å²) < 4.78 is 11.0. The van der Waals surface area contributed by atoms with E-state index in [0.29, 0.717) is 35.4 Å². The Hall–Kier alpha value is -2.40. The topological polar surface area (TPSA) is 59.6 Å². The Morgan fingerprint density at radius 2 is 1.79 bits per heavy atom. The number of hydrogen-bond acceptors (Lipinski definition) is 4. The molecule has 0 saturated carbocycles. The number of carbonyl (C=O) groups is 1. The van der Waals surface area contributed by atoms with E-state index in [4.69, 9.17) is 21.1 Å². The molecule has 0 aromatic heterocycles. The van der Waals surface area contributed by atoms with Gasteiger partial charge in [0.15, 0.2) is 11.5 Å². The molecule has 0 radical (unpaired) electrons. The molecule has 126 valence electrons. The molecule has 1 aliphatic heterocycles. The van der Waals surface area contributed by atoms with Gasteiger partial charge in [0, 0.05) is 17.8 Å². The Balaban J connectivity index is 1.60. The molecule has 0 unspecified atom stereocenters. The summed E-state index contributed by atoms with van der Waals surface area (Å²) in [6.07, 6.45) is 0.989. The molecule has 0 saturated heterocycles. The van der Waals surface area contributed by atoms with E-state index in [9.17, 15) is 4.79 Å². The zero-order chi connectivity index (χ0) is 16.9. The summed E-state index contributed by atoms with van der Waals surface area (Å²) in [6, 6.07) is 11.3. The number of benzene rings is 2. The fourth-order valence-electron chi connectivity index (χ4n) is 2.39. The maximum Gasteiger partial charge on any atom is 0.243 e. The van der Waals surface area contributed by atoms with Crippen molar-refractivity contribution < 1.29 is 14.3 Å². The number of rotatable bonds is 5. The van der Waals surface area contributed by atoms with Crippen LogP contribution in [0.4, 0.5) is 11.4 Å². The monoisotopic (exact) mass is 346 g/mol. The van der Waals surface area contributed by atoms with Crippen LogP contribution in [-0.4, -0.2) is 25.7 Å². The van der Waals surface area contributed by atoms with Crippen LogP contribution in [0.15, 0.2) is 36.4 Å². The molecule has 0 spiro atoms. The van der Waals surface area contributed by atoms with Gasteiger partial charge < -0.3 is 20.1 Å². The van der Waals surface area contributed by atoms with Crippen molar-refractivity contribution in [1.29, 1.82) is 0 Å². The van der Waals surface area contributed by atoms with E-state index in [1.54, 1.807) is 12.1 Å². The van der Waals surface area contributed by atoms with Crippen LogP contribution >= 0.6 is 11.6 Å². The second kappa shape index (κ2) is 7.45. The average Bonchev–Trinajstić information content (AvgIpc) is 2.61. The molecule has 0 fully saturated rings. The number of amides is 1. The van der Waals surface area contributed by atoms with Gasteiger partial charge in [-0.05, 0) is 24.1 Å². The van der Waals surface area contributed by atoms with Gasteiger partial charge in [-0.15, -0.1) is 0 Å². The van der Waals surface area contributed by atoms with Crippen LogP contribution in [0.25, 0.3) is 0 Å². The highest BCUT2D eigenvalue weighted by molar-refractivity contribution is 6.34. The molecule has 3 rings (SSSR count). The van der Waals surface area contributed by atoms with E-state index in [-0.39, 0.29) is 12.5 Å². The van der Waals surface area contributed by atoms with Crippen LogP contribution in [0.1, 0.15) is 12.5 Å². The molecule has 0 aliphatic carbocycles. The molecule has 2 aromatic carbocycles. The number of hydrogen-bond donors (Lipinski definition) is 2. The minimum Gasteiger partial charge on any atom is -0.486 e. The zero-order valence-corrected chi connectivity index (χ0v) is 14.2. The van der Waals surface area contributed by atoms with Gasteiger partial charge in [-0.1, -0.05) is 30.7 Å². The van der Waals surface area contributed by atoms with Crippen LogP contribution in [0.5, 0.6) is 11.5 Å². The zero-order valence-electron chi connectivity index (χ0n) is 13.4. The van der Waals surface area contributed by atoms with Crippen LogP contribution in [0, 0.1) is 0 Å². The van der Waals surface area contributed by atoms with E-state index in [1.165, 1.54) is 5.56 Å². The van der Waals surface area contributed by atoms with Gasteiger partial charge in [-0.2, -0.15) is 0 Å². The van der Waals surface area contributed by atoms with Crippen molar-refractivity contribution >= 4 is 28.9 Å². The molecule has 1 amide bonds. The second-order valence-corrected chi connectivity index (χ2v) is 5.84. The van der Waals surface area contributed by atoms with Crippen LogP contribution < -0.4 is 20.1 Å². The molecule has 6 heteroatoms. The number of nitrogens with one attached hydrogen (secondary N) is 2. The summed E-state index contributed by atoms with van der Waals surface area (Å²) in [5.41, 5.74) is 2.66. The van der Waals surface area contributed by atoms with E-state index in [2.05, 4.69) is 17.6 Å². The largest absolute Gasteiger partial charge is 0.486 e. The highest BCUT2D eigenvalue weighted by Crippen LogP contribution is 2.37. The first-order valence-electron chi connectivity index (χ1n) is 7.87. The van der Waals surface area contributed by atoms with E-state index < -0.39 is 0 Å². The molecule has 1 heterocycles. The first-order chi connectivity index (χ1) is 11.7. The van der Waals surface area contributed by atoms with Crippen molar-refractivity contribution in [1.82, 2.24) is 0 Å². The Bertz CT molecular complexity index is 732. The summed E-state index contributed by atoms with van der Waals surface area (Å²) in [5.74, 6) is 0.996. The number of anilines is 2. The lowest BCUT2D eigenvalue weighted by Crippen LogP contribution is -2.22. The third-order valence-corrected chi connectivity index (χ3v) is 4.03. The SMILES string of the molecule is CCc1ccc(NCC(=O)Nc2cc3c(cc2Cl)OCCO3)cc1. The molecule has 2 N–H and O–H groups in total. The number of halogens is 1. The van der Waals surface area contributed by atoms with Crippen molar-refractivity contribution in [3.05, 3.63) is 47.0 Å². The predicted octanol–water partition coefficient (Wildman–Crippen LogP) is 3.72. The second-order valence-electron chi connectivity index (χ2n) is 5.43. The Morgan fingerprint density at radius 3 is 2.46 bits per heavy atom. The molecule has 0 bridgehead atoms. The highest BCUT2D eigenvalue weighted by atomic mass is 35.5. The molecule has 0 atom stereocenters. The van der Waals surface area contributed by atoms with Crippen molar-refractivity contribution in [2.75, 3.05) is 30.4 Å². The number of aryl methyl sites for hydroxylation is 1. The Morgan fingerprint density at radius 1 is 1.12 bits per heavy atom. The molecule has 5 nitrogen and oxygen atoms in total. The molecule has 1 aliphatic rings. The number of fused-ring (bicyclic) bond motifs is 1. The Labute approximate surface area is 145 Å². The Kier molecular flexibility index (Phi) is 5.11. The van der Waals surface area contributed by atoms with Crippen molar-refractivity contribution in [2.45, 2.75) is 13.3 Å². The molecule has 24 heavy (non-hydrogen) atoms. The van der Waals surface area contributed by atoms with Crippen molar-refractivity contribution in [3.8, 4) is 11.5 Å². The quantitative estimate of drug-likeness (QED) is 0.866. The predicted molar refractivity (Wildman–Crippen MR) is 95.4 cm³/mol. The van der Waals surface area contributed by atoms with Crippen LogP contribution in [0.2, 0.25) is 5.02 Å². The van der Waals surface area contributed by atoms with Crippen LogP contribution in [0.3, 0.4) is 0 Å². The average molecular weight is 347 g/mol.